The van der Waals surface area contributed by atoms with Gasteiger partial charge in [0.25, 0.3) is 0 Å². The molecule has 20 heavy (non-hydrogen) atoms. The van der Waals surface area contributed by atoms with Crippen molar-refractivity contribution in [3.05, 3.63) is 63.3 Å². The van der Waals surface area contributed by atoms with Gasteiger partial charge in [0.1, 0.15) is 0 Å². The molecule has 0 spiro atoms. The normalized spacial score (nSPS) is 14.1. The second-order valence-corrected chi connectivity index (χ2v) is 5.10. The van der Waals surface area contributed by atoms with Crippen molar-refractivity contribution < 1.29 is 4.92 Å². The third-order valence-electron chi connectivity index (χ3n) is 3.70. The van der Waals surface area contributed by atoms with E-state index in [0.29, 0.717) is 11.4 Å². The van der Waals surface area contributed by atoms with Crippen molar-refractivity contribution in [3.8, 4) is 0 Å². The van der Waals surface area contributed by atoms with Crippen LogP contribution < -0.4 is 5.32 Å². The molecular formula is C15H15N3O2. The van der Waals surface area contributed by atoms with Crippen molar-refractivity contribution in [3.63, 3.8) is 0 Å². The lowest BCUT2D eigenvalue weighted by Gasteiger charge is -2.13. The van der Waals surface area contributed by atoms with Crippen molar-refractivity contribution in [2.75, 3.05) is 5.32 Å². The van der Waals surface area contributed by atoms with Gasteiger partial charge in [-0.2, -0.15) is 0 Å². The van der Waals surface area contributed by atoms with Gasteiger partial charge in [-0.05, 0) is 37.0 Å². The van der Waals surface area contributed by atoms with Crippen LogP contribution in [-0.2, 0) is 12.8 Å². The summed E-state index contributed by atoms with van der Waals surface area (Å²) < 4.78 is 0. The van der Waals surface area contributed by atoms with Crippen molar-refractivity contribution >= 4 is 11.5 Å². The molecule has 3 rings (SSSR count). The van der Waals surface area contributed by atoms with Gasteiger partial charge in [-0.15, -0.1) is 0 Å². The molecule has 0 bridgehead atoms. The second-order valence-electron chi connectivity index (χ2n) is 5.10. The minimum absolute atomic E-state index is 0.0726. The number of fused-ring (bicyclic) bond motifs is 1. The third kappa shape index (κ3) is 2.22. The lowest BCUT2D eigenvalue weighted by Crippen LogP contribution is -2.21. The smallest absolute Gasteiger partial charge is 0.314 e. The zero-order chi connectivity index (χ0) is 14.1. The van der Waals surface area contributed by atoms with Crippen molar-refractivity contribution in [1.82, 2.24) is 4.98 Å². The fraction of sp³-hybridized carbons (Fsp3) is 0.267. The molecule has 1 aromatic carbocycles. The molecule has 5 nitrogen and oxygen atoms in total. The van der Waals surface area contributed by atoms with Crippen molar-refractivity contribution in [2.45, 2.75) is 25.8 Å². The number of aryl methyl sites for hydroxylation is 1. The highest BCUT2D eigenvalue weighted by Crippen LogP contribution is 2.29. The predicted molar refractivity (Wildman–Crippen MR) is 76.9 cm³/mol. The molecule has 1 aliphatic rings. The molecule has 0 fully saturated rings. The monoisotopic (exact) mass is 269 g/mol. The van der Waals surface area contributed by atoms with Gasteiger partial charge in [0.05, 0.1) is 4.92 Å². The zero-order valence-electron chi connectivity index (χ0n) is 11.2. The summed E-state index contributed by atoms with van der Waals surface area (Å²) in [6.07, 6.45) is 3.36. The molecule has 0 atom stereocenters. The first-order valence-corrected chi connectivity index (χ1v) is 6.58. The Morgan fingerprint density at radius 1 is 1.25 bits per heavy atom. The van der Waals surface area contributed by atoms with E-state index in [1.165, 1.54) is 11.1 Å². The average Bonchev–Trinajstić information content (AvgIpc) is 2.80. The summed E-state index contributed by atoms with van der Waals surface area (Å²) in [5.41, 5.74) is 3.31. The molecule has 1 aliphatic carbocycles. The lowest BCUT2D eigenvalue weighted by molar-refractivity contribution is -0.384. The molecule has 5 heteroatoms. The van der Waals surface area contributed by atoms with Gasteiger partial charge in [0.2, 0.25) is 5.82 Å². The molecule has 0 aliphatic heterocycles. The Morgan fingerprint density at radius 2 is 1.90 bits per heavy atom. The second kappa shape index (κ2) is 4.92. The quantitative estimate of drug-likeness (QED) is 0.687. The van der Waals surface area contributed by atoms with Crippen molar-refractivity contribution in [2.24, 2.45) is 0 Å². The van der Waals surface area contributed by atoms with Crippen LogP contribution in [0.15, 0.2) is 36.5 Å². The first-order chi connectivity index (χ1) is 9.65. The molecule has 1 aromatic heterocycles. The Bertz CT molecular complexity index is 645. The van der Waals surface area contributed by atoms with E-state index in [1.807, 2.05) is 12.1 Å². The van der Waals surface area contributed by atoms with Crippen LogP contribution in [0.3, 0.4) is 0 Å². The van der Waals surface area contributed by atoms with E-state index in [-0.39, 0.29) is 16.7 Å². The van der Waals surface area contributed by atoms with Crippen LogP contribution in [0.4, 0.5) is 11.5 Å². The Balaban J connectivity index is 1.84. The molecule has 1 heterocycles. The number of hydrogen-bond donors (Lipinski definition) is 1. The summed E-state index contributed by atoms with van der Waals surface area (Å²) in [5, 5.41) is 14.4. The Hall–Kier alpha value is -2.43. The highest BCUT2D eigenvalue weighted by atomic mass is 16.6. The summed E-state index contributed by atoms with van der Waals surface area (Å²) in [5.74, 6) is 0.368. The molecule has 0 saturated heterocycles. The fourth-order valence-electron chi connectivity index (χ4n) is 2.74. The molecule has 0 unspecified atom stereocenters. The summed E-state index contributed by atoms with van der Waals surface area (Å²) in [6, 6.07) is 10.1. The van der Waals surface area contributed by atoms with Gasteiger partial charge in [-0.3, -0.25) is 10.1 Å². The Labute approximate surface area is 116 Å². The number of nitro groups is 1. The highest BCUT2D eigenvalue weighted by molar-refractivity contribution is 5.60. The molecule has 102 valence electrons. The van der Waals surface area contributed by atoms with E-state index in [9.17, 15) is 10.1 Å². The van der Waals surface area contributed by atoms with Gasteiger partial charge < -0.3 is 5.32 Å². The summed E-state index contributed by atoms with van der Waals surface area (Å²) in [6.45, 7) is 1.73. The van der Waals surface area contributed by atoms with E-state index in [0.717, 1.165) is 12.8 Å². The number of anilines is 1. The standard InChI is InChI=1S/C15H15N3O2/c1-10-6-7-16-15(14(10)18(19)20)17-13-8-11-4-2-3-5-12(11)9-13/h2-7,13H,8-9H2,1H3,(H,16,17). The number of pyridine rings is 1. The maximum absolute atomic E-state index is 11.2. The number of aromatic nitrogens is 1. The topological polar surface area (TPSA) is 68.1 Å². The number of nitrogens with one attached hydrogen (secondary N) is 1. The van der Waals surface area contributed by atoms with Crippen LogP contribution in [0.2, 0.25) is 0 Å². The van der Waals surface area contributed by atoms with Crippen molar-refractivity contribution in [1.29, 1.82) is 0 Å². The third-order valence-corrected chi connectivity index (χ3v) is 3.70. The largest absolute Gasteiger partial charge is 0.361 e. The first-order valence-electron chi connectivity index (χ1n) is 6.58. The highest BCUT2D eigenvalue weighted by Gasteiger charge is 2.25. The van der Waals surface area contributed by atoms with Crippen LogP contribution in [0.25, 0.3) is 0 Å². The fourth-order valence-corrected chi connectivity index (χ4v) is 2.74. The minimum atomic E-state index is -0.368. The van der Waals surface area contributed by atoms with Gasteiger partial charge in [0, 0.05) is 17.8 Å². The minimum Gasteiger partial charge on any atom is -0.361 e. The van der Waals surface area contributed by atoms with Gasteiger partial charge in [-0.25, -0.2) is 4.98 Å². The maximum Gasteiger partial charge on any atom is 0.314 e. The lowest BCUT2D eigenvalue weighted by atomic mass is 10.1. The summed E-state index contributed by atoms with van der Waals surface area (Å²) in [4.78, 5) is 14.9. The molecular weight excluding hydrogens is 254 g/mol. The number of benzene rings is 1. The maximum atomic E-state index is 11.2. The first kappa shape index (κ1) is 12.6. The molecule has 1 N–H and O–H groups in total. The van der Waals surface area contributed by atoms with Crippen LogP contribution in [0.5, 0.6) is 0 Å². The predicted octanol–water partition coefficient (Wildman–Crippen LogP) is 2.88. The average molecular weight is 269 g/mol. The summed E-state index contributed by atoms with van der Waals surface area (Å²) in [7, 11) is 0. The van der Waals surface area contributed by atoms with E-state index in [1.54, 1.807) is 19.2 Å². The van der Waals surface area contributed by atoms with Crippen LogP contribution in [-0.4, -0.2) is 15.9 Å². The van der Waals surface area contributed by atoms with Crippen LogP contribution in [0, 0.1) is 17.0 Å². The number of rotatable bonds is 3. The summed E-state index contributed by atoms with van der Waals surface area (Å²) >= 11 is 0. The number of nitrogens with zero attached hydrogens (tertiary/aromatic N) is 2. The SMILES string of the molecule is Cc1ccnc(NC2Cc3ccccc3C2)c1[N+](=O)[O-]. The number of hydrogen-bond acceptors (Lipinski definition) is 4. The van der Waals surface area contributed by atoms with Gasteiger partial charge in [0.15, 0.2) is 0 Å². The van der Waals surface area contributed by atoms with E-state index < -0.39 is 0 Å². The molecule has 0 saturated carbocycles. The van der Waals surface area contributed by atoms with E-state index in [2.05, 4.69) is 22.4 Å². The van der Waals surface area contributed by atoms with Gasteiger partial charge in [-0.1, -0.05) is 24.3 Å². The molecule has 2 aromatic rings. The van der Waals surface area contributed by atoms with E-state index >= 15 is 0 Å². The zero-order valence-corrected chi connectivity index (χ0v) is 11.2. The van der Waals surface area contributed by atoms with Crippen LogP contribution in [0.1, 0.15) is 16.7 Å². The van der Waals surface area contributed by atoms with Gasteiger partial charge >= 0.3 is 5.69 Å². The Morgan fingerprint density at radius 3 is 2.50 bits per heavy atom. The van der Waals surface area contributed by atoms with Crippen LogP contribution >= 0.6 is 0 Å². The molecule has 0 amide bonds. The van der Waals surface area contributed by atoms with E-state index in [4.69, 9.17) is 0 Å². The Kier molecular flexibility index (Phi) is 3.10. The molecule has 0 radical (unpaired) electrons.